The van der Waals surface area contributed by atoms with Crippen molar-refractivity contribution in [3.8, 4) is 0 Å². The number of hydrogen-bond acceptors (Lipinski definition) is 3. The van der Waals surface area contributed by atoms with Crippen molar-refractivity contribution in [2.75, 3.05) is 13.1 Å². The first kappa shape index (κ1) is 15.7. The summed E-state index contributed by atoms with van der Waals surface area (Å²) in [5, 5.41) is 9.08. The molecule has 1 saturated heterocycles. The minimum absolute atomic E-state index is 0.0869. The fourth-order valence-electron chi connectivity index (χ4n) is 3.13. The molecular weight excluding hydrogens is 288 g/mol. The summed E-state index contributed by atoms with van der Waals surface area (Å²) in [6, 6.07) is 11.8. The highest BCUT2D eigenvalue weighted by molar-refractivity contribution is 5.93. The lowest BCUT2D eigenvalue weighted by molar-refractivity contribution is 0.0690. The van der Waals surface area contributed by atoms with Gasteiger partial charge in [-0.05, 0) is 48.4 Å². The van der Waals surface area contributed by atoms with Crippen LogP contribution in [0.4, 0.5) is 0 Å². The number of hydrogen-bond donors (Lipinski definition) is 1. The van der Waals surface area contributed by atoms with Gasteiger partial charge in [0.15, 0.2) is 0 Å². The van der Waals surface area contributed by atoms with Crippen LogP contribution in [0.5, 0.6) is 0 Å². The van der Waals surface area contributed by atoms with Crippen molar-refractivity contribution in [1.29, 1.82) is 0 Å². The Morgan fingerprint density at radius 1 is 1.13 bits per heavy atom. The second-order valence-electron chi connectivity index (χ2n) is 6.16. The van der Waals surface area contributed by atoms with Crippen LogP contribution in [0.25, 0.3) is 0 Å². The molecule has 1 aliphatic rings. The van der Waals surface area contributed by atoms with Gasteiger partial charge in [0.1, 0.15) is 0 Å². The third-order valence-electron chi connectivity index (χ3n) is 4.54. The summed E-state index contributed by atoms with van der Waals surface area (Å²) in [5.74, 6) is 0.705. The molecule has 0 unspecified atom stereocenters. The first-order valence-corrected chi connectivity index (χ1v) is 8.14. The molecule has 1 aromatic heterocycles. The highest BCUT2D eigenvalue weighted by Crippen LogP contribution is 2.23. The maximum Gasteiger partial charge on any atom is 0.255 e. The van der Waals surface area contributed by atoms with Crippen molar-refractivity contribution >= 4 is 5.91 Å². The molecule has 120 valence electrons. The van der Waals surface area contributed by atoms with E-state index in [9.17, 15) is 4.79 Å². The molecule has 0 bridgehead atoms. The Hall–Kier alpha value is -2.20. The zero-order valence-corrected chi connectivity index (χ0v) is 13.2. The summed E-state index contributed by atoms with van der Waals surface area (Å²) in [7, 11) is 0. The summed E-state index contributed by atoms with van der Waals surface area (Å²) < 4.78 is 0. The average Bonchev–Trinajstić information content (AvgIpc) is 2.63. The van der Waals surface area contributed by atoms with E-state index < -0.39 is 0 Å². The topological polar surface area (TPSA) is 53.4 Å². The third-order valence-corrected chi connectivity index (χ3v) is 4.54. The molecule has 1 aromatic carbocycles. The first-order chi connectivity index (χ1) is 11.3. The second-order valence-corrected chi connectivity index (χ2v) is 6.16. The van der Waals surface area contributed by atoms with Crippen LogP contribution < -0.4 is 0 Å². The SMILES string of the molecule is O=C(c1cccnc1)N1CCC(Cc2ccc(CO)cc2)CC1. The van der Waals surface area contributed by atoms with Gasteiger partial charge in [-0.3, -0.25) is 9.78 Å². The molecule has 3 rings (SSSR count). The van der Waals surface area contributed by atoms with Crippen LogP contribution in [0.15, 0.2) is 48.8 Å². The van der Waals surface area contributed by atoms with Gasteiger partial charge in [0.05, 0.1) is 12.2 Å². The first-order valence-electron chi connectivity index (χ1n) is 8.14. The van der Waals surface area contributed by atoms with Crippen LogP contribution in [-0.4, -0.2) is 34.0 Å². The van der Waals surface area contributed by atoms with Crippen LogP contribution in [0, 0.1) is 5.92 Å². The monoisotopic (exact) mass is 310 g/mol. The molecule has 1 N–H and O–H groups in total. The molecule has 0 aliphatic carbocycles. The van der Waals surface area contributed by atoms with Gasteiger partial charge in [-0.15, -0.1) is 0 Å². The largest absolute Gasteiger partial charge is 0.392 e. The number of benzene rings is 1. The Kier molecular flexibility index (Phi) is 5.03. The molecular formula is C19H22N2O2. The number of aliphatic hydroxyl groups excluding tert-OH is 1. The van der Waals surface area contributed by atoms with Crippen LogP contribution >= 0.6 is 0 Å². The number of carbonyl (C=O) groups excluding carboxylic acids is 1. The summed E-state index contributed by atoms with van der Waals surface area (Å²) in [5.41, 5.74) is 2.93. The highest BCUT2D eigenvalue weighted by Gasteiger charge is 2.23. The fourth-order valence-corrected chi connectivity index (χ4v) is 3.13. The normalized spacial score (nSPS) is 15.6. The van der Waals surface area contributed by atoms with Gasteiger partial charge < -0.3 is 10.0 Å². The minimum atomic E-state index is 0.0869. The Morgan fingerprint density at radius 2 is 1.83 bits per heavy atom. The summed E-state index contributed by atoms with van der Waals surface area (Å²) in [6.45, 7) is 1.72. The van der Waals surface area contributed by atoms with E-state index in [0.29, 0.717) is 11.5 Å². The molecule has 1 fully saturated rings. The lowest BCUT2D eigenvalue weighted by atomic mass is 9.89. The Bertz CT molecular complexity index is 632. The van der Waals surface area contributed by atoms with E-state index in [-0.39, 0.29) is 12.5 Å². The lowest BCUT2D eigenvalue weighted by Crippen LogP contribution is -2.38. The smallest absolute Gasteiger partial charge is 0.255 e. The summed E-state index contributed by atoms with van der Waals surface area (Å²) in [6.07, 6.45) is 6.43. The van der Waals surface area contributed by atoms with E-state index in [1.165, 1.54) is 5.56 Å². The van der Waals surface area contributed by atoms with Crippen molar-refractivity contribution in [1.82, 2.24) is 9.88 Å². The quantitative estimate of drug-likeness (QED) is 0.944. The van der Waals surface area contributed by atoms with Crippen LogP contribution in [0.3, 0.4) is 0 Å². The second kappa shape index (κ2) is 7.38. The van der Waals surface area contributed by atoms with Gasteiger partial charge in [0.25, 0.3) is 5.91 Å². The minimum Gasteiger partial charge on any atom is -0.392 e. The number of aromatic nitrogens is 1. The number of aliphatic hydroxyl groups is 1. The van der Waals surface area contributed by atoms with Crippen molar-refractivity contribution < 1.29 is 9.90 Å². The number of carbonyl (C=O) groups is 1. The van der Waals surface area contributed by atoms with Crippen molar-refractivity contribution in [3.05, 3.63) is 65.5 Å². The fraction of sp³-hybridized carbons (Fsp3) is 0.368. The standard InChI is InChI=1S/C19H22N2O2/c22-14-17-5-3-15(4-6-17)12-16-7-10-21(11-8-16)19(23)18-2-1-9-20-13-18/h1-6,9,13,16,22H,7-8,10-12,14H2. The third kappa shape index (κ3) is 3.96. The maximum absolute atomic E-state index is 12.4. The van der Waals surface area contributed by atoms with Gasteiger partial charge in [0, 0.05) is 25.5 Å². The zero-order chi connectivity index (χ0) is 16.1. The molecule has 2 aromatic rings. The van der Waals surface area contributed by atoms with E-state index in [1.807, 2.05) is 23.1 Å². The van der Waals surface area contributed by atoms with Crippen molar-refractivity contribution in [3.63, 3.8) is 0 Å². The van der Waals surface area contributed by atoms with Crippen molar-refractivity contribution in [2.45, 2.75) is 25.9 Å². The van der Waals surface area contributed by atoms with Crippen LogP contribution in [0.1, 0.15) is 34.3 Å². The van der Waals surface area contributed by atoms with Gasteiger partial charge >= 0.3 is 0 Å². The van der Waals surface area contributed by atoms with Crippen molar-refractivity contribution in [2.24, 2.45) is 5.92 Å². The molecule has 0 saturated carbocycles. The van der Waals surface area contributed by atoms with E-state index in [0.717, 1.165) is 37.9 Å². The van der Waals surface area contributed by atoms with E-state index >= 15 is 0 Å². The molecule has 1 aliphatic heterocycles. The van der Waals surface area contributed by atoms with Crippen LogP contribution in [-0.2, 0) is 13.0 Å². The lowest BCUT2D eigenvalue weighted by Gasteiger charge is -2.32. The molecule has 23 heavy (non-hydrogen) atoms. The Balaban J connectivity index is 1.53. The number of likely N-dealkylation sites (tertiary alicyclic amines) is 1. The molecule has 0 atom stereocenters. The van der Waals surface area contributed by atoms with Crippen LogP contribution in [0.2, 0.25) is 0 Å². The Morgan fingerprint density at radius 3 is 2.43 bits per heavy atom. The van der Waals surface area contributed by atoms with E-state index in [1.54, 1.807) is 18.5 Å². The van der Waals surface area contributed by atoms with Gasteiger partial charge in [-0.25, -0.2) is 0 Å². The number of rotatable bonds is 4. The van der Waals surface area contributed by atoms with Gasteiger partial charge in [-0.1, -0.05) is 24.3 Å². The van der Waals surface area contributed by atoms with Gasteiger partial charge in [-0.2, -0.15) is 0 Å². The predicted molar refractivity (Wildman–Crippen MR) is 88.9 cm³/mol. The number of amides is 1. The molecule has 4 nitrogen and oxygen atoms in total. The van der Waals surface area contributed by atoms with E-state index in [4.69, 9.17) is 5.11 Å². The molecule has 0 radical (unpaired) electrons. The van der Waals surface area contributed by atoms with E-state index in [2.05, 4.69) is 17.1 Å². The maximum atomic E-state index is 12.4. The number of nitrogens with zero attached hydrogens (tertiary/aromatic N) is 2. The number of piperidine rings is 1. The summed E-state index contributed by atoms with van der Waals surface area (Å²) >= 11 is 0. The molecule has 2 heterocycles. The van der Waals surface area contributed by atoms with Gasteiger partial charge in [0.2, 0.25) is 0 Å². The predicted octanol–water partition coefficient (Wildman–Crippen LogP) is 2.67. The zero-order valence-electron chi connectivity index (χ0n) is 13.2. The Labute approximate surface area is 136 Å². The highest BCUT2D eigenvalue weighted by atomic mass is 16.3. The molecule has 1 amide bonds. The molecule has 0 spiro atoms. The number of pyridine rings is 1. The average molecular weight is 310 g/mol. The summed E-state index contributed by atoms with van der Waals surface area (Å²) in [4.78, 5) is 18.4. The molecule has 4 heteroatoms.